The molecule has 9 rings (SSSR count). The van der Waals surface area contributed by atoms with Crippen molar-refractivity contribution in [2.45, 2.75) is 107 Å². The van der Waals surface area contributed by atoms with E-state index in [1.54, 1.807) is 7.11 Å². The number of aromatic nitrogens is 1. The van der Waals surface area contributed by atoms with Crippen molar-refractivity contribution in [3.05, 3.63) is 82.6 Å². The number of amides is 1. The number of nitrogens with zero attached hydrogens (tertiary/aromatic N) is 3. The van der Waals surface area contributed by atoms with Crippen LogP contribution in [0.4, 0.5) is 10.5 Å². The second kappa shape index (κ2) is 16.3. The number of hydrogen-bond acceptors (Lipinski definition) is 11. The molecule has 1 amide bonds. The molecule has 2 bridgehead atoms. The lowest BCUT2D eigenvalue weighted by atomic mass is 9.47. The van der Waals surface area contributed by atoms with Crippen molar-refractivity contribution >= 4 is 34.6 Å². The molecule has 13 nitrogen and oxygen atoms in total. The molecule has 2 fully saturated rings. The molecule has 1 aromatic heterocycles. The van der Waals surface area contributed by atoms with E-state index in [0.717, 1.165) is 85.3 Å². The van der Waals surface area contributed by atoms with E-state index < -0.39 is 52.7 Å². The van der Waals surface area contributed by atoms with Crippen LogP contribution in [-0.2, 0) is 41.1 Å². The first-order valence-corrected chi connectivity index (χ1v) is 23.1. The number of anilines is 1. The monoisotopic (exact) mass is 863 g/mol. The number of H-pyrrole nitrogens is 1. The minimum atomic E-state index is -1.88. The second-order valence-electron chi connectivity index (χ2n) is 19.0. The van der Waals surface area contributed by atoms with Gasteiger partial charge in [0.2, 0.25) is 0 Å². The molecule has 1 saturated carbocycles. The van der Waals surface area contributed by atoms with Crippen LogP contribution in [0.1, 0.15) is 88.6 Å². The van der Waals surface area contributed by atoms with Gasteiger partial charge in [-0.3, -0.25) is 19.4 Å². The van der Waals surface area contributed by atoms with Crippen molar-refractivity contribution in [2.75, 3.05) is 72.0 Å². The number of rotatable bonds is 11. The summed E-state index contributed by atoms with van der Waals surface area (Å²) in [7, 11) is 5.10. The highest BCUT2D eigenvalue weighted by atomic mass is 16.6. The number of hydrogen-bond donors (Lipinski definition) is 3. The summed E-state index contributed by atoms with van der Waals surface area (Å²) in [5, 5.41) is 17.7. The van der Waals surface area contributed by atoms with E-state index in [4.69, 9.17) is 18.9 Å². The highest BCUT2D eigenvalue weighted by Crippen LogP contribution is 2.68. The minimum absolute atomic E-state index is 0.0276. The number of unbranched alkanes of at least 4 members (excludes halogenated alkanes) is 1. The van der Waals surface area contributed by atoms with E-state index in [1.165, 1.54) is 19.6 Å². The molecule has 1 spiro atoms. The first-order valence-electron chi connectivity index (χ1n) is 23.1. The predicted molar refractivity (Wildman–Crippen MR) is 241 cm³/mol. The van der Waals surface area contributed by atoms with Crippen LogP contribution in [0.15, 0.2) is 60.2 Å². The highest BCUT2D eigenvalue weighted by Gasteiger charge is 2.78. The maximum absolute atomic E-state index is 15.4. The van der Waals surface area contributed by atoms with Gasteiger partial charge >= 0.3 is 18.0 Å². The van der Waals surface area contributed by atoms with Gasteiger partial charge in [0.05, 0.1) is 20.3 Å². The molecule has 0 radical (unpaired) electrons. The number of para-hydroxylation sites is 1. The van der Waals surface area contributed by atoms with E-state index in [0.29, 0.717) is 43.7 Å². The number of aromatic amines is 1. The first-order chi connectivity index (χ1) is 30.4. The molecule has 6 heterocycles. The molecular formula is C50H65N5O8. The summed E-state index contributed by atoms with van der Waals surface area (Å²) >= 11 is 0. The molecule has 5 aliphatic heterocycles. The zero-order chi connectivity index (χ0) is 44.5. The van der Waals surface area contributed by atoms with E-state index in [9.17, 15) is 14.7 Å². The lowest BCUT2D eigenvalue weighted by molar-refractivity contribution is -0.228. The fraction of sp³-hybridized carbons (Fsp3) is 0.580. The van der Waals surface area contributed by atoms with E-state index in [2.05, 4.69) is 81.3 Å². The first kappa shape index (κ1) is 43.4. The van der Waals surface area contributed by atoms with Crippen LogP contribution in [0.3, 0.4) is 0 Å². The largest absolute Gasteiger partial charge is 0.496 e. The third-order valence-electron chi connectivity index (χ3n) is 15.9. The van der Waals surface area contributed by atoms with Gasteiger partial charge < -0.3 is 39.3 Å². The van der Waals surface area contributed by atoms with Crippen LogP contribution in [0.5, 0.6) is 5.75 Å². The quantitative estimate of drug-likeness (QED) is 0.0884. The molecule has 63 heavy (non-hydrogen) atoms. The predicted octanol–water partition coefficient (Wildman–Crippen LogP) is 6.15. The van der Waals surface area contributed by atoms with Crippen molar-refractivity contribution < 1.29 is 38.4 Å². The molecular weight excluding hydrogens is 799 g/mol. The lowest BCUT2D eigenvalue weighted by Gasteiger charge is -2.64. The topological polar surface area (TPSA) is 146 Å². The van der Waals surface area contributed by atoms with Gasteiger partial charge in [-0.2, -0.15) is 0 Å². The Balaban J connectivity index is 1.31. The van der Waals surface area contributed by atoms with Crippen molar-refractivity contribution in [1.82, 2.24) is 20.1 Å². The van der Waals surface area contributed by atoms with Gasteiger partial charge in [-0.1, -0.05) is 69.2 Å². The maximum Gasteiger partial charge on any atom is 0.407 e. The molecule has 3 N–H and O–H groups in total. The lowest BCUT2D eigenvalue weighted by Crippen LogP contribution is -2.80. The number of carbonyl (C=O) groups is 3. The molecule has 2 aromatic carbocycles. The standard InChI is InChI=1S/C50H65N5O8/c1-8-11-20-51-46(58)62-30-50(59)43-48(19-23-55-21-14-18-47(10-3,42(48)55)44(50)63-31(4)56)36-25-37(40(60-6)26-39(36)53(43)5)49(45(57)61-7)27-33-24-32(9-2)28-54(29-33)22-17-35-34-15-12-13-16-38(34)52-41(35)49/h12-16,18,24-26,33,42-44,52,59H,8-11,17,19-23,27-30H2,1-7H3,(H,51,58)/t33-,42?,43+,44+,47+,48+,49-,50-/m0/s1. The number of fused-ring (bicyclic) bond motifs is 6. The molecule has 9 atom stereocenters. The molecule has 338 valence electrons. The smallest absolute Gasteiger partial charge is 0.407 e. The Morgan fingerprint density at radius 1 is 1.05 bits per heavy atom. The second-order valence-corrected chi connectivity index (χ2v) is 19.0. The molecule has 6 aliphatic rings. The van der Waals surface area contributed by atoms with Crippen molar-refractivity contribution in [3.8, 4) is 5.75 Å². The Morgan fingerprint density at radius 2 is 1.86 bits per heavy atom. The van der Waals surface area contributed by atoms with Gasteiger partial charge in [-0.25, -0.2) is 4.79 Å². The average Bonchev–Trinajstić information content (AvgIpc) is 3.95. The Bertz CT molecular complexity index is 2360. The Hall–Kier alpha value is -4.85. The third-order valence-corrected chi connectivity index (χ3v) is 15.9. The molecule has 2 unspecified atom stereocenters. The zero-order valence-corrected chi connectivity index (χ0v) is 38.1. The zero-order valence-electron chi connectivity index (χ0n) is 38.1. The van der Waals surface area contributed by atoms with Crippen molar-refractivity contribution in [3.63, 3.8) is 0 Å². The summed E-state index contributed by atoms with van der Waals surface area (Å²) in [5.41, 5.74) is 1.91. The van der Waals surface area contributed by atoms with Crippen LogP contribution in [0, 0.1) is 11.3 Å². The molecule has 13 heteroatoms. The van der Waals surface area contributed by atoms with Crippen molar-refractivity contribution in [2.24, 2.45) is 11.3 Å². The minimum Gasteiger partial charge on any atom is -0.496 e. The van der Waals surface area contributed by atoms with Crippen LogP contribution in [-0.4, -0.2) is 129 Å². The normalized spacial score (nSPS) is 32.9. The summed E-state index contributed by atoms with van der Waals surface area (Å²) in [6, 6.07) is 11.6. The average molecular weight is 864 g/mol. The van der Waals surface area contributed by atoms with Gasteiger partial charge in [0, 0.05) is 97.5 Å². The summed E-state index contributed by atoms with van der Waals surface area (Å²) in [6.45, 7) is 11.7. The number of methoxy groups -OCH3 is 2. The van der Waals surface area contributed by atoms with Gasteiger partial charge in [0.1, 0.15) is 23.9 Å². The summed E-state index contributed by atoms with van der Waals surface area (Å²) in [6.07, 6.45) is 9.96. The van der Waals surface area contributed by atoms with Crippen LogP contribution < -0.4 is 15.0 Å². The number of likely N-dealkylation sites (N-methyl/N-ethyl adjacent to an activating group) is 1. The van der Waals surface area contributed by atoms with Gasteiger partial charge in [0.15, 0.2) is 5.60 Å². The number of esters is 2. The summed E-state index contributed by atoms with van der Waals surface area (Å²) in [5.74, 6) is -0.329. The number of benzene rings is 2. The molecule has 1 aliphatic carbocycles. The maximum atomic E-state index is 15.4. The summed E-state index contributed by atoms with van der Waals surface area (Å²) in [4.78, 5) is 52.9. The Labute approximate surface area is 371 Å². The van der Waals surface area contributed by atoms with Gasteiger partial charge in [0.25, 0.3) is 0 Å². The SMILES string of the molecule is CCCCNC(=O)OC[C@@]1(O)[C@H](OC(C)=O)[C@]2(CC)C=CCN3CC[C@@]4(c5cc([C@@]6(C(=O)OC)C[C@@H]7C=C(CC)CN(CCc8c6[nH]c6ccccc86)C7)c(OC)cc5N(C)[C@@H]14)C32. The van der Waals surface area contributed by atoms with Gasteiger partial charge in [-0.05, 0) is 74.2 Å². The van der Waals surface area contributed by atoms with Crippen LogP contribution in [0.2, 0.25) is 0 Å². The number of alkyl carbamates (subject to hydrolysis) is 1. The number of carbonyl (C=O) groups excluding carboxylic acids is 3. The number of nitrogens with one attached hydrogen (secondary N) is 2. The highest BCUT2D eigenvalue weighted by molar-refractivity contribution is 5.94. The van der Waals surface area contributed by atoms with E-state index >= 15 is 4.79 Å². The van der Waals surface area contributed by atoms with E-state index in [-0.39, 0.29) is 17.9 Å². The third kappa shape index (κ3) is 6.37. The van der Waals surface area contributed by atoms with E-state index in [1.807, 2.05) is 26.1 Å². The Morgan fingerprint density at radius 3 is 2.59 bits per heavy atom. The fourth-order valence-electron chi connectivity index (χ4n) is 13.6. The van der Waals surface area contributed by atoms with Crippen LogP contribution in [0.25, 0.3) is 10.9 Å². The summed E-state index contributed by atoms with van der Waals surface area (Å²) < 4.78 is 24.8. The molecule has 1 saturated heterocycles. The van der Waals surface area contributed by atoms with Gasteiger partial charge in [-0.15, -0.1) is 0 Å². The Kier molecular flexibility index (Phi) is 11.2. The number of aliphatic hydroxyl groups is 1. The number of ether oxygens (including phenoxy) is 4. The molecule has 3 aromatic rings. The fourth-order valence-corrected chi connectivity index (χ4v) is 13.6. The van der Waals surface area contributed by atoms with Crippen molar-refractivity contribution in [1.29, 1.82) is 0 Å². The van der Waals surface area contributed by atoms with Crippen LogP contribution >= 0.6 is 0 Å².